The van der Waals surface area contributed by atoms with Crippen LogP contribution in [0.4, 0.5) is 0 Å². The van der Waals surface area contributed by atoms with Crippen LogP contribution in [0.2, 0.25) is 0 Å². The Bertz CT molecular complexity index is 197. The second-order valence-corrected chi connectivity index (χ2v) is 2.19. The lowest BCUT2D eigenvalue weighted by Gasteiger charge is -2.01. The molecule has 0 fully saturated rings. The van der Waals surface area contributed by atoms with E-state index in [0.717, 1.165) is 5.76 Å². The number of rotatable bonds is 5. The predicted octanol–water partition coefficient (Wildman–Crippen LogP) is 3.23. The van der Waals surface area contributed by atoms with Crippen LogP contribution in [-0.2, 0) is 4.74 Å². The summed E-state index contributed by atoms with van der Waals surface area (Å²) in [4.78, 5) is 0. The molecule has 0 aliphatic heterocycles. The first-order valence-corrected chi connectivity index (χ1v) is 4.04. The highest BCUT2D eigenvalue weighted by molar-refractivity contribution is 5.17. The monoisotopic (exact) mass is 164 g/mol. The Hall–Kier alpha value is -1.24. The number of allylic oxidation sites excluding steroid dienone is 5. The van der Waals surface area contributed by atoms with Crippen molar-refractivity contribution in [3.63, 3.8) is 0 Å². The molecule has 12 heavy (non-hydrogen) atoms. The van der Waals surface area contributed by atoms with Gasteiger partial charge in [0.15, 0.2) is 0 Å². The molecule has 0 radical (unpaired) electrons. The van der Waals surface area contributed by atoms with E-state index in [1.54, 1.807) is 6.08 Å². The highest BCUT2D eigenvalue weighted by Crippen LogP contribution is 2.00. The molecule has 1 heteroatoms. The molecule has 0 heterocycles. The lowest BCUT2D eigenvalue weighted by molar-refractivity contribution is 0.262. The minimum Gasteiger partial charge on any atom is -0.490 e. The quantitative estimate of drug-likeness (QED) is 0.344. The van der Waals surface area contributed by atoms with Gasteiger partial charge in [-0.15, -0.1) is 0 Å². The zero-order chi connectivity index (χ0) is 9.23. The molecule has 0 unspecified atom stereocenters. The first-order valence-electron chi connectivity index (χ1n) is 4.04. The molecule has 0 bridgehead atoms. The van der Waals surface area contributed by atoms with Crippen molar-refractivity contribution in [2.24, 2.45) is 0 Å². The summed E-state index contributed by atoms with van der Waals surface area (Å²) in [6.45, 7) is 8.06. The van der Waals surface area contributed by atoms with E-state index in [2.05, 4.69) is 6.58 Å². The first kappa shape index (κ1) is 10.8. The minimum atomic E-state index is 0.549. The second kappa shape index (κ2) is 7.86. The molecule has 0 aliphatic rings. The van der Waals surface area contributed by atoms with Crippen molar-refractivity contribution in [3.8, 4) is 0 Å². The smallest absolute Gasteiger partial charge is 0.119 e. The molecule has 0 saturated carbocycles. The third-order valence-electron chi connectivity index (χ3n) is 1.15. The second-order valence-electron chi connectivity index (χ2n) is 2.19. The van der Waals surface area contributed by atoms with E-state index >= 15 is 0 Å². The molecule has 0 aromatic heterocycles. The van der Waals surface area contributed by atoms with Gasteiger partial charge in [0.25, 0.3) is 0 Å². The van der Waals surface area contributed by atoms with Gasteiger partial charge < -0.3 is 4.74 Å². The van der Waals surface area contributed by atoms with E-state index in [1.807, 2.05) is 44.2 Å². The van der Waals surface area contributed by atoms with Crippen LogP contribution < -0.4 is 0 Å². The largest absolute Gasteiger partial charge is 0.490 e. The fourth-order valence-corrected chi connectivity index (χ4v) is 0.662. The summed E-state index contributed by atoms with van der Waals surface area (Å²) in [6.07, 6.45) is 11.4. The lowest BCUT2D eigenvalue weighted by atomic mass is 10.3. The summed E-state index contributed by atoms with van der Waals surface area (Å²) in [5.74, 6) is 0.857. The van der Waals surface area contributed by atoms with E-state index < -0.39 is 0 Å². The van der Waals surface area contributed by atoms with Gasteiger partial charge in [0.1, 0.15) is 12.4 Å². The zero-order valence-electron chi connectivity index (χ0n) is 7.79. The molecule has 0 aliphatic carbocycles. The average Bonchev–Trinajstić information content (AvgIpc) is 2.10. The normalized spacial score (nSPS) is 12.7. The van der Waals surface area contributed by atoms with Crippen LogP contribution in [0.25, 0.3) is 0 Å². The molecule has 0 aromatic carbocycles. The Labute approximate surface area is 74.7 Å². The summed E-state index contributed by atoms with van der Waals surface area (Å²) in [7, 11) is 0. The van der Waals surface area contributed by atoms with Crippen LogP contribution in [0.5, 0.6) is 0 Å². The summed E-state index contributed by atoms with van der Waals surface area (Å²) < 4.78 is 5.34. The van der Waals surface area contributed by atoms with Gasteiger partial charge in [0, 0.05) is 0 Å². The fourth-order valence-electron chi connectivity index (χ4n) is 0.662. The summed E-state index contributed by atoms with van der Waals surface area (Å²) in [6, 6.07) is 0. The van der Waals surface area contributed by atoms with E-state index in [9.17, 15) is 0 Å². The molecule has 0 N–H and O–H groups in total. The minimum absolute atomic E-state index is 0.549. The van der Waals surface area contributed by atoms with Crippen molar-refractivity contribution >= 4 is 0 Å². The Balaban J connectivity index is 4.11. The molecule has 0 rings (SSSR count). The lowest BCUT2D eigenvalue weighted by Crippen LogP contribution is -1.88. The van der Waals surface area contributed by atoms with Gasteiger partial charge in [-0.25, -0.2) is 0 Å². The third-order valence-corrected chi connectivity index (χ3v) is 1.15. The topological polar surface area (TPSA) is 9.23 Å². The van der Waals surface area contributed by atoms with E-state index in [1.165, 1.54) is 0 Å². The van der Waals surface area contributed by atoms with Gasteiger partial charge in [-0.3, -0.25) is 0 Å². The van der Waals surface area contributed by atoms with E-state index in [-0.39, 0.29) is 0 Å². The van der Waals surface area contributed by atoms with Gasteiger partial charge in [-0.2, -0.15) is 0 Å². The van der Waals surface area contributed by atoms with Crippen LogP contribution in [-0.4, -0.2) is 6.61 Å². The number of ether oxygens (including phenoxy) is 1. The van der Waals surface area contributed by atoms with Crippen LogP contribution in [0.15, 0.2) is 48.8 Å². The van der Waals surface area contributed by atoms with Crippen molar-refractivity contribution in [1.29, 1.82) is 0 Å². The maximum absolute atomic E-state index is 5.34. The first-order chi connectivity index (χ1) is 5.85. The molecule has 0 saturated heterocycles. The zero-order valence-corrected chi connectivity index (χ0v) is 7.79. The van der Waals surface area contributed by atoms with Crippen LogP contribution in [0, 0.1) is 0 Å². The summed E-state index contributed by atoms with van der Waals surface area (Å²) >= 11 is 0. The van der Waals surface area contributed by atoms with Crippen LogP contribution in [0.3, 0.4) is 0 Å². The van der Waals surface area contributed by atoms with Crippen molar-refractivity contribution in [2.45, 2.75) is 13.8 Å². The molecule has 0 atom stereocenters. The van der Waals surface area contributed by atoms with E-state index in [0.29, 0.717) is 6.61 Å². The van der Waals surface area contributed by atoms with E-state index in [4.69, 9.17) is 4.74 Å². The predicted molar refractivity (Wildman–Crippen MR) is 53.9 cm³/mol. The van der Waals surface area contributed by atoms with Crippen molar-refractivity contribution in [2.75, 3.05) is 6.61 Å². The van der Waals surface area contributed by atoms with Crippen molar-refractivity contribution in [1.82, 2.24) is 0 Å². The Morgan fingerprint density at radius 3 is 2.58 bits per heavy atom. The molecule has 0 aromatic rings. The van der Waals surface area contributed by atoms with Gasteiger partial charge in [-0.05, 0) is 26.0 Å². The SMILES string of the molecule is C=CCOC(/C=C\C)=C/C=C\C. The summed E-state index contributed by atoms with van der Waals surface area (Å²) in [5.41, 5.74) is 0. The maximum Gasteiger partial charge on any atom is 0.119 e. The molecule has 0 spiro atoms. The van der Waals surface area contributed by atoms with Gasteiger partial charge in [0.05, 0.1) is 0 Å². The van der Waals surface area contributed by atoms with Gasteiger partial charge in [0.2, 0.25) is 0 Å². The molecule has 66 valence electrons. The fraction of sp³-hybridized carbons (Fsp3) is 0.273. The number of hydrogen-bond donors (Lipinski definition) is 0. The third kappa shape index (κ3) is 5.54. The van der Waals surface area contributed by atoms with Crippen molar-refractivity contribution in [3.05, 3.63) is 48.8 Å². The Morgan fingerprint density at radius 1 is 1.33 bits per heavy atom. The van der Waals surface area contributed by atoms with Crippen LogP contribution >= 0.6 is 0 Å². The van der Waals surface area contributed by atoms with Crippen LogP contribution in [0.1, 0.15) is 13.8 Å². The molecule has 1 nitrogen and oxygen atoms in total. The summed E-state index contributed by atoms with van der Waals surface area (Å²) in [5, 5.41) is 0. The molecular formula is C11H16O. The maximum atomic E-state index is 5.34. The number of hydrogen-bond acceptors (Lipinski definition) is 1. The standard InChI is InChI=1S/C11H16O/c1-4-7-9-11(8-5-2)12-10-6-3/h4-9H,3,10H2,1-2H3/b7-4-,8-5-,11-9+. The van der Waals surface area contributed by atoms with Gasteiger partial charge >= 0.3 is 0 Å². The highest BCUT2D eigenvalue weighted by atomic mass is 16.5. The molecular weight excluding hydrogens is 148 g/mol. The van der Waals surface area contributed by atoms with Crippen molar-refractivity contribution < 1.29 is 4.74 Å². The Morgan fingerprint density at radius 2 is 2.08 bits per heavy atom. The highest BCUT2D eigenvalue weighted by Gasteiger charge is 1.86. The molecule has 0 amide bonds. The van der Waals surface area contributed by atoms with Gasteiger partial charge in [-0.1, -0.05) is 30.9 Å². The average molecular weight is 164 g/mol. The Kier molecular flexibility index (Phi) is 7.05.